The molecule has 8 rings (SSSR count). The van der Waals surface area contributed by atoms with Gasteiger partial charge in [-0.25, -0.2) is 4.79 Å². The summed E-state index contributed by atoms with van der Waals surface area (Å²) in [5.41, 5.74) is 0.0230. The van der Waals surface area contributed by atoms with E-state index < -0.39 is 95.2 Å². The third-order valence-corrected chi connectivity index (χ3v) is 15.7. The quantitative estimate of drug-likeness (QED) is 0.112. The van der Waals surface area contributed by atoms with Crippen molar-refractivity contribution in [3.05, 3.63) is 89.0 Å². The van der Waals surface area contributed by atoms with E-state index in [0.717, 1.165) is 24.0 Å². The summed E-state index contributed by atoms with van der Waals surface area (Å²) in [6.07, 6.45) is 4.38. The molecular formula is C49H57BrN4O14. The number of benzene rings is 2. The Bertz CT molecular complexity index is 2390. The smallest absolute Gasteiger partial charge is 0.408 e. The van der Waals surface area contributed by atoms with Crippen LogP contribution < -0.4 is 21.3 Å². The molecule has 68 heavy (non-hydrogen) atoms. The molecule has 18 nitrogen and oxygen atoms in total. The van der Waals surface area contributed by atoms with E-state index in [2.05, 4.69) is 44.1 Å². The highest BCUT2D eigenvalue weighted by Crippen LogP contribution is 2.70. The Kier molecular flexibility index (Phi) is 14.2. The number of nitrogens with one attached hydrogen (secondary N) is 4. The number of ketones is 2. The normalized spacial score (nSPS) is 31.0. The van der Waals surface area contributed by atoms with Crippen molar-refractivity contribution in [1.29, 1.82) is 0 Å². The number of carbonyl (C=O) groups excluding carboxylic acids is 6. The summed E-state index contributed by atoms with van der Waals surface area (Å²) < 4.78 is 24.4. The molecule has 7 N–H and O–H groups in total. The van der Waals surface area contributed by atoms with E-state index in [9.17, 15) is 43.8 Å². The maximum Gasteiger partial charge on any atom is 0.408 e. The van der Waals surface area contributed by atoms with Crippen molar-refractivity contribution in [1.82, 2.24) is 16.0 Å². The van der Waals surface area contributed by atoms with Gasteiger partial charge < -0.3 is 55.5 Å². The molecule has 2 heterocycles. The molecule has 2 aliphatic heterocycles. The van der Waals surface area contributed by atoms with Gasteiger partial charge in [0.05, 0.1) is 42.8 Å². The van der Waals surface area contributed by atoms with Gasteiger partial charge in [0.25, 0.3) is 0 Å². The highest BCUT2D eigenvalue weighted by molar-refractivity contribution is 9.09. The molecule has 0 spiro atoms. The molecule has 0 radical (unpaired) electrons. The molecule has 3 saturated carbocycles. The van der Waals surface area contributed by atoms with Crippen LogP contribution in [0.15, 0.2) is 72.3 Å². The van der Waals surface area contributed by atoms with Gasteiger partial charge in [0.15, 0.2) is 23.5 Å². The zero-order chi connectivity index (χ0) is 48.6. The Morgan fingerprint density at radius 1 is 0.985 bits per heavy atom. The number of aliphatic hydroxyl groups excluding tert-OH is 2. The maximum atomic E-state index is 14.0. The summed E-state index contributed by atoms with van der Waals surface area (Å²) in [7, 11) is 0. The molecule has 4 aliphatic carbocycles. The summed E-state index contributed by atoms with van der Waals surface area (Å²) in [6.45, 7) is 3.37. The Morgan fingerprint density at radius 2 is 1.71 bits per heavy atom. The van der Waals surface area contributed by atoms with Crippen LogP contribution in [0.3, 0.4) is 0 Å². The van der Waals surface area contributed by atoms with Gasteiger partial charge in [-0.05, 0) is 79.4 Å². The number of alkyl halides is 1. The molecular weight excluding hydrogens is 948 g/mol. The van der Waals surface area contributed by atoms with Crippen LogP contribution >= 0.6 is 15.9 Å². The van der Waals surface area contributed by atoms with Crippen molar-refractivity contribution in [3.63, 3.8) is 0 Å². The van der Waals surface area contributed by atoms with E-state index >= 15 is 0 Å². The topological polar surface area (TPSA) is 265 Å². The average molecular weight is 1010 g/mol. The molecule has 10 atom stereocenters. The number of fused-ring (bicyclic) bond motifs is 7. The van der Waals surface area contributed by atoms with Crippen LogP contribution in [0.2, 0.25) is 0 Å². The van der Waals surface area contributed by atoms with Crippen molar-refractivity contribution < 1.29 is 67.8 Å². The number of amides is 4. The maximum absolute atomic E-state index is 14.0. The predicted octanol–water partition coefficient (Wildman–Crippen LogP) is 3.33. The molecule has 0 bridgehead atoms. The van der Waals surface area contributed by atoms with Gasteiger partial charge >= 0.3 is 12.1 Å². The van der Waals surface area contributed by atoms with Crippen molar-refractivity contribution >= 4 is 63.0 Å². The van der Waals surface area contributed by atoms with Gasteiger partial charge in [-0.1, -0.05) is 77.8 Å². The van der Waals surface area contributed by atoms with E-state index in [1.807, 2.05) is 37.3 Å². The highest BCUT2D eigenvalue weighted by Gasteiger charge is 2.76. The number of aliphatic carboxylic acids is 1. The first-order chi connectivity index (χ1) is 32.4. The number of Topliss-reactive ketones (excluding diaryl/α,β-unsaturated/α-hetero) is 1. The number of hydrogen-bond acceptors (Lipinski definition) is 13. The number of hydrogen-bond donors (Lipinski definition) is 7. The van der Waals surface area contributed by atoms with Crippen LogP contribution in [0.25, 0.3) is 0 Å². The van der Waals surface area contributed by atoms with E-state index in [4.69, 9.17) is 24.1 Å². The largest absolute Gasteiger partial charge is 0.481 e. The van der Waals surface area contributed by atoms with Crippen LogP contribution in [-0.4, -0.2) is 118 Å². The molecule has 0 aromatic heterocycles. The lowest BCUT2D eigenvalue weighted by Gasteiger charge is -2.59. The number of alkyl carbamates (subject to hydrolysis) is 1. The van der Waals surface area contributed by atoms with Crippen molar-refractivity contribution in [2.75, 3.05) is 37.0 Å². The number of carboxylic acids is 1. The lowest BCUT2D eigenvalue weighted by Crippen LogP contribution is -2.63. The molecule has 364 valence electrons. The summed E-state index contributed by atoms with van der Waals surface area (Å²) in [5.74, 6) is -3.54. The third kappa shape index (κ3) is 9.40. The van der Waals surface area contributed by atoms with Crippen molar-refractivity contribution in [2.24, 2.45) is 28.6 Å². The van der Waals surface area contributed by atoms with Gasteiger partial charge in [-0.3, -0.25) is 28.8 Å². The monoisotopic (exact) mass is 1000 g/mol. The molecule has 2 aromatic rings. The SMILES string of the molecule is C[C@]12C=CC(=O)C=C1CC[C@@H]1[C@@H]2[C@@H](O)C[C@@]2(C)[C@H]1C[C@H]1O[C@@H](c3ccc(CC4(NC(=O)OCc5ccc(NC(=O)[C@H](CCC(=O)O)NC(=O)CNC(=O)CBr)cc5)COC4)cc3)O[C@]12C(=O)CO. The number of carboxylic acid groups (broad SMARTS) is 1. The Labute approximate surface area is 401 Å². The Morgan fingerprint density at radius 3 is 2.37 bits per heavy atom. The predicted molar refractivity (Wildman–Crippen MR) is 245 cm³/mol. The lowest BCUT2D eigenvalue weighted by atomic mass is 9.46. The summed E-state index contributed by atoms with van der Waals surface area (Å²) >= 11 is 2.97. The first-order valence-corrected chi connectivity index (χ1v) is 24.0. The second-order valence-corrected chi connectivity index (χ2v) is 19.9. The highest BCUT2D eigenvalue weighted by atomic mass is 79.9. The van der Waals surface area contributed by atoms with Crippen molar-refractivity contribution in [2.45, 2.75) is 101 Å². The number of halogens is 1. The molecule has 2 aromatic carbocycles. The fraction of sp³-hybridized carbons (Fsp3) is 0.531. The fourth-order valence-electron chi connectivity index (χ4n) is 11.9. The second kappa shape index (κ2) is 19.6. The number of rotatable bonds is 17. The van der Waals surface area contributed by atoms with Crippen LogP contribution in [0.5, 0.6) is 0 Å². The summed E-state index contributed by atoms with van der Waals surface area (Å²) in [5, 5.41) is 41.9. The Balaban J connectivity index is 0.854. The van der Waals surface area contributed by atoms with Crippen LogP contribution in [0.4, 0.5) is 10.5 Å². The first kappa shape index (κ1) is 49.1. The molecule has 0 unspecified atom stereocenters. The number of ether oxygens (including phenoxy) is 4. The van der Waals surface area contributed by atoms with E-state index in [-0.39, 0.29) is 68.0 Å². The van der Waals surface area contributed by atoms with E-state index in [1.165, 1.54) is 0 Å². The Hall–Kier alpha value is -5.31. The number of anilines is 1. The van der Waals surface area contributed by atoms with Crippen LogP contribution in [0, 0.1) is 28.6 Å². The van der Waals surface area contributed by atoms with Crippen LogP contribution in [0.1, 0.15) is 75.4 Å². The van der Waals surface area contributed by atoms with Gasteiger partial charge in [0.1, 0.15) is 19.3 Å². The van der Waals surface area contributed by atoms with Crippen LogP contribution in [-0.2, 0) is 60.7 Å². The standard InChI is InChI=1S/C49H57BrN4O14/c1-46-16-15-32(56)17-30(46)9-12-33-34-18-38-49(37(58)23-55,47(34,2)20-36(57)42(33)46)68-44(67-38)29-7-3-27(4-8-29)19-48(25-65-26-48)54-45(64)66-24-28-5-10-31(11-6-28)52-43(63)35(13-14-41(61)62)53-40(60)22-51-39(59)21-50/h3-8,10-11,15-17,33-36,38,42,44,55,57H,9,12-14,18-26H2,1-2H3,(H,51,59)(H,52,63)(H,53,60)(H,54,64)(H,61,62)/t33-,34-,35-,36-,38+,42+,44+,46-,47-,49+/m0/s1. The number of carbonyl (C=O) groups is 7. The van der Waals surface area contributed by atoms with Gasteiger partial charge in [-0.2, -0.15) is 0 Å². The van der Waals surface area contributed by atoms with Gasteiger partial charge in [0, 0.05) is 40.8 Å². The minimum absolute atomic E-state index is 0.0156. The third-order valence-electron chi connectivity index (χ3n) is 15.2. The van der Waals surface area contributed by atoms with Crippen molar-refractivity contribution in [3.8, 4) is 0 Å². The zero-order valence-corrected chi connectivity index (χ0v) is 39.4. The summed E-state index contributed by atoms with van der Waals surface area (Å²) in [4.78, 5) is 87.3. The lowest BCUT2D eigenvalue weighted by molar-refractivity contribution is -0.201. The molecule has 6 aliphatic rings. The minimum atomic E-state index is -1.48. The van der Waals surface area contributed by atoms with Gasteiger partial charge in [-0.15, -0.1) is 0 Å². The minimum Gasteiger partial charge on any atom is -0.481 e. The van der Waals surface area contributed by atoms with E-state index in [1.54, 1.807) is 36.4 Å². The van der Waals surface area contributed by atoms with E-state index in [0.29, 0.717) is 29.7 Å². The average Bonchev–Trinajstić information content (AvgIpc) is 3.81. The molecule has 2 saturated heterocycles. The number of aliphatic hydroxyl groups is 2. The zero-order valence-electron chi connectivity index (χ0n) is 37.8. The molecule has 19 heteroatoms. The fourth-order valence-corrected chi connectivity index (χ4v) is 12.1. The van der Waals surface area contributed by atoms with Gasteiger partial charge in [0.2, 0.25) is 17.7 Å². The first-order valence-electron chi connectivity index (χ1n) is 22.9. The molecule has 4 amide bonds. The summed E-state index contributed by atoms with van der Waals surface area (Å²) in [6, 6.07) is 12.7. The number of allylic oxidation sites excluding steroid dienone is 4. The second-order valence-electron chi connectivity index (χ2n) is 19.4. The molecule has 5 fully saturated rings.